The number of nitrogens with one attached hydrogen (secondary N) is 2. The van der Waals surface area contributed by atoms with Crippen LogP contribution in [0.1, 0.15) is 58.6 Å². The van der Waals surface area contributed by atoms with Gasteiger partial charge in [0.2, 0.25) is 5.91 Å². The summed E-state index contributed by atoms with van der Waals surface area (Å²) in [5.74, 6) is 0.671. The number of ether oxygens (including phenoxy) is 1. The number of hydrogen-bond acceptors (Lipinski definition) is 5. The predicted molar refractivity (Wildman–Crippen MR) is 110 cm³/mol. The Labute approximate surface area is 177 Å². The normalized spacial score (nSPS) is 24.4. The van der Waals surface area contributed by atoms with Gasteiger partial charge in [-0.3, -0.25) is 14.5 Å². The summed E-state index contributed by atoms with van der Waals surface area (Å²) in [6.45, 7) is 7.67. The summed E-state index contributed by atoms with van der Waals surface area (Å²) in [5.41, 5.74) is -0.646. The summed E-state index contributed by atoms with van der Waals surface area (Å²) in [6, 6.07) is 3.17. The molecule has 2 heterocycles. The first-order valence-electron chi connectivity index (χ1n) is 10.7. The van der Waals surface area contributed by atoms with Gasteiger partial charge < -0.3 is 19.8 Å². The van der Waals surface area contributed by atoms with Crippen molar-refractivity contribution >= 4 is 17.8 Å². The van der Waals surface area contributed by atoms with E-state index in [0.717, 1.165) is 23.5 Å². The summed E-state index contributed by atoms with van der Waals surface area (Å²) >= 11 is 0. The monoisotopic (exact) mass is 419 g/mol. The molecule has 0 aromatic carbocycles. The van der Waals surface area contributed by atoms with Crippen molar-refractivity contribution in [1.82, 2.24) is 15.5 Å². The van der Waals surface area contributed by atoms with E-state index >= 15 is 0 Å². The van der Waals surface area contributed by atoms with Crippen LogP contribution < -0.4 is 10.6 Å². The van der Waals surface area contributed by atoms with E-state index in [4.69, 9.17) is 9.15 Å². The van der Waals surface area contributed by atoms with E-state index in [2.05, 4.69) is 31.4 Å². The van der Waals surface area contributed by atoms with Crippen LogP contribution in [0.15, 0.2) is 22.8 Å². The summed E-state index contributed by atoms with van der Waals surface area (Å²) in [5, 5.41) is 5.62. The molecule has 0 unspecified atom stereocenters. The van der Waals surface area contributed by atoms with E-state index in [0.29, 0.717) is 44.9 Å². The SMILES string of the molecule is CC(C)(C)C1CCC2(CC1)NC(=O)N(CC(=O)NCCCOCc1ccco1)C2=O. The average molecular weight is 420 g/mol. The maximum Gasteiger partial charge on any atom is 0.325 e. The zero-order valence-corrected chi connectivity index (χ0v) is 18.2. The summed E-state index contributed by atoms with van der Waals surface area (Å²) in [6.07, 6.45) is 5.27. The zero-order valence-electron chi connectivity index (χ0n) is 18.2. The highest BCUT2D eigenvalue weighted by Crippen LogP contribution is 2.43. The molecule has 0 bridgehead atoms. The minimum absolute atomic E-state index is 0.189. The van der Waals surface area contributed by atoms with E-state index in [1.807, 2.05) is 6.07 Å². The Morgan fingerprint density at radius 1 is 1.33 bits per heavy atom. The largest absolute Gasteiger partial charge is 0.467 e. The first-order valence-corrected chi connectivity index (χ1v) is 10.7. The van der Waals surface area contributed by atoms with Crippen molar-refractivity contribution in [1.29, 1.82) is 0 Å². The zero-order chi connectivity index (χ0) is 21.8. The van der Waals surface area contributed by atoms with Gasteiger partial charge in [-0.05, 0) is 55.6 Å². The van der Waals surface area contributed by atoms with Gasteiger partial charge in [-0.25, -0.2) is 4.79 Å². The Kier molecular flexibility index (Phi) is 6.85. The van der Waals surface area contributed by atoms with Crippen LogP contribution in [-0.2, 0) is 20.9 Å². The van der Waals surface area contributed by atoms with Gasteiger partial charge in [0.1, 0.15) is 24.5 Å². The van der Waals surface area contributed by atoms with Crippen molar-refractivity contribution in [3.63, 3.8) is 0 Å². The smallest absolute Gasteiger partial charge is 0.325 e. The van der Waals surface area contributed by atoms with Crippen LogP contribution in [0.25, 0.3) is 0 Å². The Morgan fingerprint density at radius 2 is 2.07 bits per heavy atom. The molecule has 1 saturated heterocycles. The van der Waals surface area contributed by atoms with E-state index in [-0.39, 0.29) is 23.8 Å². The maximum absolute atomic E-state index is 12.9. The number of carbonyl (C=O) groups is 3. The molecule has 1 aromatic heterocycles. The minimum atomic E-state index is -0.835. The number of furan rings is 1. The number of urea groups is 1. The van der Waals surface area contributed by atoms with E-state index < -0.39 is 11.6 Å². The van der Waals surface area contributed by atoms with Gasteiger partial charge >= 0.3 is 6.03 Å². The first-order chi connectivity index (χ1) is 14.2. The number of nitrogens with zero attached hydrogens (tertiary/aromatic N) is 1. The quantitative estimate of drug-likeness (QED) is 0.498. The van der Waals surface area contributed by atoms with Crippen molar-refractivity contribution in [2.75, 3.05) is 19.7 Å². The first kappa shape index (κ1) is 22.3. The standard InChI is InChI=1S/C22H33N3O5/c1-21(2,3)16-7-9-22(10-8-16)19(27)25(20(28)24-22)14-18(26)23-11-5-12-29-15-17-6-4-13-30-17/h4,6,13,16H,5,7-12,14-15H2,1-3H3,(H,23,26)(H,24,28). The lowest BCUT2D eigenvalue weighted by Crippen LogP contribution is -2.51. The second-order valence-electron chi connectivity index (χ2n) is 9.38. The average Bonchev–Trinajstić information content (AvgIpc) is 3.27. The van der Waals surface area contributed by atoms with Crippen molar-refractivity contribution in [2.45, 2.75) is 65.0 Å². The molecule has 0 radical (unpaired) electrons. The molecule has 166 valence electrons. The Balaban J connectivity index is 1.39. The Morgan fingerprint density at radius 3 is 2.70 bits per heavy atom. The predicted octanol–water partition coefficient (Wildman–Crippen LogP) is 2.83. The lowest BCUT2D eigenvalue weighted by atomic mass is 9.67. The second-order valence-corrected chi connectivity index (χ2v) is 9.38. The molecule has 30 heavy (non-hydrogen) atoms. The molecule has 1 spiro atoms. The molecule has 1 saturated carbocycles. The third kappa shape index (κ3) is 5.22. The second kappa shape index (κ2) is 9.20. The van der Waals surface area contributed by atoms with Crippen molar-refractivity contribution < 1.29 is 23.5 Å². The van der Waals surface area contributed by atoms with Crippen LogP contribution in [0.3, 0.4) is 0 Å². The molecule has 1 aliphatic heterocycles. The fraction of sp³-hybridized carbons (Fsp3) is 0.682. The fourth-order valence-electron chi connectivity index (χ4n) is 4.30. The summed E-state index contributed by atoms with van der Waals surface area (Å²) in [4.78, 5) is 38.6. The molecular formula is C22H33N3O5. The lowest BCUT2D eigenvalue weighted by Gasteiger charge is -2.40. The number of rotatable bonds is 8. The molecule has 8 nitrogen and oxygen atoms in total. The molecule has 1 aliphatic carbocycles. The molecule has 8 heteroatoms. The van der Waals surface area contributed by atoms with Crippen LogP contribution in [0.5, 0.6) is 0 Å². The molecular weight excluding hydrogens is 386 g/mol. The molecule has 4 amide bonds. The van der Waals surface area contributed by atoms with Crippen molar-refractivity contribution in [2.24, 2.45) is 11.3 Å². The van der Waals surface area contributed by atoms with Crippen LogP contribution >= 0.6 is 0 Å². The van der Waals surface area contributed by atoms with Crippen LogP contribution in [0.2, 0.25) is 0 Å². The molecule has 3 rings (SSSR count). The third-order valence-electron chi connectivity index (χ3n) is 6.22. The molecule has 2 aliphatic rings. The van der Waals surface area contributed by atoms with Crippen LogP contribution in [0.4, 0.5) is 4.79 Å². The molecule has 2 fully saturated rings. The maximum atomic E-state index is 12.9. The summed E-state index contributed by atoms with van der Waals surface area (Å²) in [7, 11) is 0. The highest BCUT2D eigenvalue weighted by molar-refractivity contribution is 6.09. The van der Waals surface area contributed by atoms with Crippen molar-refractivity contribution in [3.8, 4) is 0 Å². The number of amides is 4. The van der Waals surface area contributed by atoms with Crippen molar-refractivity contribution in [3.05, 3.63) is 24.2 Å². The van der Waals surface area contributed by atoms with E-state index in [1.165, 1.54) is 0 Å². The lowest BCUT2D eigenvalue weighted by molar-refractivity contribution is -0.136. The highest BCUT2D eigenvalue weighted by Gasteiger charge is 2.53. The molecule has 2 N–H and O–H groups in total. The highest BCUT2D eigenvalue weighted by atomic mass is 16.5. The third-order valence-corrected chi connectivity index (χ3v) is 6.22. The number of hydrogen-bond donors (Lipinski definition) is 2. The molecule has 0 atom stereocenters. The van der Waals surface area contributed by atoms with Gasteiger partial charge in [-0.2, -0.15) is 0 Å². The van der Waals surface area contributed by atoms with Crippen LogP contribution in [0, 0.1) is 11.3 Å². The Hall–Kier alpha value is -2.35. The summed E-state index contributed by atoms with van der Waals surface area (Å²) < 4.78 is 10.6. The van der Waals surface area contributed by atoms with Gasteiger partial charge in [0, 0.05) is 13.2 Å². The van der Waals surface area contributed by atoms with Gasteiger partial charge in [0.25, 0.3) is 5.91 Å². The van der Waals surface area contributed by atoms with Gasteiger partial charge in [-0.1, -0.05) is 20.8 Å². The van der Waals surface area contributed by atoms with Gasteiger partial charge in [0.15, 0.2) is 0 Å². The minimum Gasteiger partial charge on any atom is -0.467 e. The van der Waals surface area contributed by atoms with E-state index in [9.17, 15) is 14.4 Å². The van der Waals surface area contributed by atoms with Gasteiger partial charge in [0.05, 0.1) is 6.26 Å². The van der Waals surface area contributed by atoms with Crippen LogP contribution in [-0.4, -0.2) is 48.0 Å². The topological polar surface area (TPSA) is 101 Å². The number of imide groups is 1. The van der Waals surface area contributed by atoms with E-state index in [1.54, 1.807) is 12.3 Å². The molecule has 1 aromatic rings. The van der Waals surface area contributed by atoms with Gasteiger partial charge in [-0.15, -0.1) is 0 Å². The Bertz CT molecular complexity index is 745. The fourth-order valence-corrected chi connectivity index (χ4v) is 4.30. The number of carbonyl (C=O) groups excluding carboxylic acids is 3.